The molecular formula is C21H21ClN6O3. The molecule has 0 radical (unpaired) electrons. The van der Waals surface area contributed by atoms with Gasteiger partial charge in [0.25, 0.3) is 17.7 Å². The van der Waals surface area contributed by atoms with Gasteiger partial charge in [0.05, 0.1) is 16.9 Å². The fraction of sp³-hybridized carbons (Fsp3) is 0.143. The number of hydrogen-bond donors (Lipinski definition) is 4. The molecule has 1 aromatic heterocycles. The van der Waals surface area contributed by atoms with Crippen LogP contribution in [0.1, 0.15) is 31.3 Å². The summed E-state index contributed by atoms with van der Waals surface area (Å²) < 4.78 is 0. The van der Waals surface area contributed by atoms with E-state index < -0.39 is 11.8 Å². The predicted octanol–water partition coefficient (Wildman–Crippen LogP) is 2.99. The van der Waals surface area contributed by atoms with Crippen LogP contribution in [0.3, 0.4) is 0 Å². The largest absolute Gasteiger partial charge is 0.378 e. The number of hydrogen-bond acceptors (Lipinski definition) is 5. The van der Waals surface area contributed by atoms with E-state index in [9.17, 15) is 14.4 Å². The smallest absolute Gasteiger partial charge is 0.276 e. The molecule has 1 heterocycles. The summed E-state index contributed by atoms with van der Waals surface area (Å²) in [7, 11) is 5.23. The Kier molecular flexibility index (Phi) is 6.56. The third kappa shape index (κ3) is 5.01. The van der Waals surface area contributed by atoms with Crippen molar-refractivity contribution in [2.75, 3.05) is 36.7 Å². The first kappa shape index (κ1) is 21.8. The molecule has 0 atom stereocenters. The van der Waals surface area contributed by atoms with Crippen molar-refractivity contribution in [2.45, 2.75) is 0 Å². The van der Waals surface area contributed by atoms with Crippen molar-refractivity contribution in [3.63, 3.8) is 0 Å². The predicted molar refractivity (Wildman–Crippen MR) is 120 cm³/mol. The molecule has 160 valence electrons. The molecule has 3 rings (SSSR count). The molecule has 9 nitrogen and oxygen atoms in total. The van der Waals surface area contributed by atoms with E-state index in [4.69, 9.17) is 11.6 Å². The lowest BCUT2D eigenvalue weighted by molar-refractivity contribution is 0.0943. The van der Waals surface area contributed by atoms with E-state index in [0.717, 1.165) is 5.69 Å². The molecule has 0 aliphatic rings. The summed E-state index contributed by atoms with van der Waals surface area (Å²) in [5.74, 6) is -1.33. The lowest BCUT2D eigenvalue weighted by Crippen LogP contribution is -2.23. The summed E-state index contributed by atoms with van der Waals surface area (Å²) in [6.07, 6.45) is 1.27. The molecule has 0 unspecified atom stereocenters. The van der Waals surface area contributed by atoms with Crippen LogP contribution in [0, 0.1) is 0 Å². The van der Waals surface area contributed by atoms with Crippen molar-refractivity contribution in [3.05, 3.63) is 70.8 Å². The SMILES string of the molecule is CNC(=O)c1[nH]cnc1C(=O)Nc1ccc(NC(=O)c2ccc(N(C)C)cc2Cl)cc1. The first-order chi connectivity index (χ1) is 14.8. The Morgan fingerprint density at radius 2 is 1.55 bits per heavy atom. The number of benzene rings is 2. The van der Waals surface area contributed by atoms with E-state index in [1.165, 1.54) is 13.4 Å². The Morgan fingerprint density at radius 1 is 0.935 bits per heavy atom. The number of rotatable bonds is 6. The summed E-state index contributed by atoms with van der Waals surface area (Å²) >= 11 is 6.24. The highest BCUT2D eigenvalue weighted by Crippen LogP contribution is 2.24. The lowest BCUT2D eigenvalue weighted by Gasteiger charge is -2.14. The van der Waals surface area contributed by atoms with Crippen LogP contribution in [-0.4, -0.2) is 48.8 Å². The van der Waals surface area contributed by atoms with Gasteiger partial charge in [0.2, 0.25) is 0 Å². The van der Waals surface area contributed by atoms with Crippen LogP contribution in [-0.2, 0) is 0 Å². The van der Waals surface area contributed by atoms with Gasteiger partial charge in [0.15, 0.2) is 5.69 Å². The number of aromatic amines is 1. The van der Waals surface area contributed by atoms with Gasteiger partial charge in [-0.2, -0.15) is 0 Å². The minimum atomic E-state index is -0.538. The van der Waals surface area contributed by atoms with Gasteiger partial charge < -0.3 is 25.8 Å². The number of nitrogens with zero attached hydrogens (tertiary/aromatic N) is 2. The molecule has 0 spiro atoms. The van der Waals surface area contributed by atoms with Gasteiger partial charge in [-0.05, 0) is 42.5 Å². The summed E-state index contributed by atoms with van der Waals surface area (Å²) in [5, 5.41) is 8.21. The summed E-state index contributed by atoms with van der Waals surface area (Å²) in [6.45, 7) is 0. The van der Waals surface area contributed by atoms with Crippen LogP contribution in [0.2, 0.25) is 5.02 Å². The number of carbonyl (C=O) groups excluding carboxylic acids is 3. The van der Waals surface area contributed by atoms with Crippen LogP contribution >= 0.6 is 11.6 Å². The standard InChI is InChI=1S/C21H21ClN6O3/c1-23-20(30)17-18(25-11-24-17)21(31)27-13-6-4-12(5-7-13)26-19(29)15-9-8-14(28(2)3)10-16(15)22/h4-11H,1-3H3,(H,23,30)(H,24,25)(H,26,29)(H,27,31). The highest BCUT2D eigenvalue weighted by Gasteiger charge is 2.19. The Hall–Kier alpha value is -3.85. The van der Waals surface area contributed by atoms with Gasteiger partial charge >= 0.3 is 0 Å². The topological polar surface area (TPSA) is 119 Å². The molecular weight excluding hydrogens is 420 g/mol. The molecule has 4 N–H and O–H groups in total. The quantitative estimate of drug-likeness (QED) is 0.469. The molecule has 3 amide bonds. The zero-order chi connectivity index (χ0) is 22.5. The molecule has 0 aliphatic carbocycles. The molecule has 31 heavy (non-hydrogen) atoms. The molecule has 3 aromatic rings. The second-order valence-electron chi connectivity index (χ2n) is 6.75. The van der Waals surface area contributed by atoms with E-state index in [-0.39, 0.29) is 17.3 Å². The molecule has 0 fully saturated rings. The lowest BCUT2D eigenvalue weighted by atomic mass is 10.1. The van der Waals surface area contributed by atoms with Gasteiger partial charge in [-0.1, -0.05) is 11.6 Å². The number of anilines is 3. The fourth-order valence-electron chi connectivity index (χ4n) is 2.76. The summed E-state index contributed by atoms with van der Waals surface area (Å²) in [6, 6.07) is 11.7. The maximum Gasteiger partial charge on any atom is 0.276 e. The van der Waals surface area contributed by atoms with E-state index in [1.807, 2.05) is 25.1 Å². The number of imidazole rings is 1. The number of amides is 3. The van der Waals surface area contributed by atoms with Gasteiger partial charge in [-0.3, -0.25) is 14.4 Å². The average Bonchev–Trinajstić information content (AvgIpc) is 3.24. The molecule has 0 aliphatic heterocycles. The second kappa shape index (κ2) is 9.31. The van der Waals surface area contributed by atoms with Crippen LogP contribution < -0.4 is 20.9 Å². The highest BCUT2D eigenvalue weighted by atomic mass is 35.5. The number of aromatic nitrogens is 2. The van der Waals surface area contributed by atoms with Crippen molar-refractivity contribution in [2.24, 2.45) is 0 Å². The first-order valence-electron chi connectivity index (χ1n) is 9.25. The van der Waals surface area contributed by atoms with E-state index >= 15 is 0 Å². The molecule has 10 heteroatoms. The number of halogens is 1. The van der Waals surface area contributed by atoms with Crippen molar-refractivity contribution in [3.8, 4) is 0 Å². The maximum atomic E-state index is 12.5. The van der Waals surface area contributed by atoms with Gasteiger partial charge in [-0.25, -0.2) is 4.98 Å². The van der Waals surface area contributed by atoms with Crippen LogP contribution in [0.25, 0.3) is 0 Å². The fourth-order valence-corrected chi connectivity index (χ4v) is 3.02. The highest BCUT2D eigenvalue weighted by molar-refractivity contribution is 6.34. The van der Waals surface area contributed by atoms with Gasteiger partial charge in [0.1, 0.15) is 5.69 Å². The van der Waals surface area contributed by atoms with Crippen molar-refractivity contribution >= 4 is 46.4 Å². The third-order valence-corrected chi connectivity index (χ3v) is 4.74. The Labute approximate surface area is 183 Å². The second-order valence-corrected chi connectivity index (χ2v) is 7.16. The zero-order valence-corrected chi connectivity index (χ0v) is 17.9. The first-order valence-corrected chi connectivity index (χ1v) is 9.63. The van der Waals surface area contributed by atoms with E-state index in [1.54, 1.807) is 36.4 Å². The minimum Gasteiger partial charge on any atom is -0.378 e. The van der Waals surface area contributed by atoms with Crippen LogP contribution in [0.15, 0.2) is 48.8 Å². The van der Waals surface area contributed by atoms with Crippen molar-refractivity contribution in [1.82, 2.24) is 15.3 Å². The minimum absolute atomic E-state index is 0.0208. The third-order valence-electron chi connectivity index (χ3n) is 4.42. The molecule has 0 bridgehead atoms. The maximum absolute atomic E-state index is 12.5. The van der Waals surface area contributed by atoms with Crippen molar-refractivity contribution < 1.29 is 14.4 Å². The van der Waals surface area contributed by atoms with Crippen LogP contribution in [0.5, 0.6) is 0 Å². The van der Waals surface area contributed by atoms with E-state index in [0.29, 0.717) is 22.0 Å². The monoisotopic (exact) mass is 440 g/mol. The van der Waals surface area contributed by atoms with Crippen molar-refractivity contribution in [1.29, 1.82) is 0 Å². The number of nitrogens with one attached hydrogen (secondary N) is 4. The Balaban J connectivity index is 1.67. The molecule has 2 aromatic carbocycles. The van der Waals surface area contributed by atoms with E-state index in [2.05, 4.69) is 25.9 Å². The Bertz CT molecular complexity index is 1120. The molecule has 0 saturated heterocycles. The van der Waals surface area contributed by atoms with Gasteiger partial charge in [0, 0.05) is 38.2 Å². The number of H-pyrrole nitrogens is 1. The van der Waals surface area contributed by atoms with Gasteiger partial charge in [-0.15, -0.1) is 0 Å². The average molecular weight is 441 g/mol. The van der Waals surface area contributed by atoms with Crippen LogP contribution in [0.4, 0.5) is 17.1 Å². The molecule has 0 saturated carbocycles. The summed E-state index contributed by atoms with van der Waals surface area (Å²) in [4.78, 5) is 45.2. The zero-order valence-electron chi connectivity index (χ0n) is 17.1. The Morgan fingerprint density at radius 3 is 2.10 bits per heavy atom. The summed E-state index contributed by atoms with van der Waals surface area (Å²) in [5.41, 5.74) is 2.29. The number of carbonyl (C=O) groups is 3. The normalized spacial score (nSPS) is 10.3.